The molecule has 106 valence electrons. The third-order valence-corrected chi connectivity index (χ3v) is 3.38. The number of hydrogen-bond donors (Lipinski definition) is 2. The molecule has 0 aromatic heterocycles. The van der Waals surface area contributed by atoms with Crippen molar-refractivity contribution in [2.24, 2.45) is 5.84 Å². The quantitative estimate of drug-likeness (QED) is 0.514. The summed E-state index contributed by atoms with van der Waals surface area (Å²) in [7, 11) is 0. The first kappa shape index (κ1) is 14.9. The van der Waals surface area contributed by atoms with Crippen LogP contribution in [0.3, 0.4) is 0 Å². The van der Waals surface area contributed by atoms with Gasteiger partial charge in [-0.15, -0.1) is 0 Å². The van der Waals surface area contributed by atoms with E-state index in [4.69, 9.17) is 17.4 Å². The van der Waals surface area contributed by atoms with Crippen molar-refractivity contribution in [1.29, 1.82) is 0 Å². The zero-order valence-electron chi connectivity index (χ0n) is 11.2. The van der Waals surface area contributed by atoms with Crippen LogP contribution >= 0.6 is 11.6 Å². The summed E-state index contributed by atoms with van der Waals surface area (Å²) in [6.45, 7) is 3.87. The van der Waals surface area contributed by atoms with Crippen LogP contribution in [0.2, 0.25) is 5.02 Å². The predicted octanol–water partition coefficient (Wildman–Crippen LogP) is 3.79. The van der Waals surface area contributed by atoms with Crippen LogP contribution in [0, 0.1) is 25.5 Å². The molecule has 20 heavy (non-hydrogen) atoms. The molecule has 0 radical (unpaired) electrons. The molecular weight excluding hydrogens is 282 g/mol. The lowest BCUT2D eigenvalue weighted by atomic mass is 9.95. The molecule has 2 aromatic rings. The van der Waals surface area contributed by atoms with Crippen molar-refractivity contribution in [1.82, 2.24) is 5.43 Å². The summed E-state index contributed by atoms with van der Waals surface area (Å²) < 4.78 is 27.6. The molecule has 3 N–H and O–H groups in total. The first-order valence-corrected chi connectivity index (χ1v) is 6.49. The van der Waals surface area contributed by atoms with Gasteiger partial charge in [0.15, 0.2) is 0 Å². The van der Waals surface area contributed by atoms with Crippen LogP contribution in [0.4, 0.5) is 8.78 Å². The molecule has 1 unspecified atom stereocenters. The average Bonchev–Trinajstić information content (AvgIpc) is 2.35. The van der Waals surface area contributed by atoms with Gasteiger partial charge in [-0.1, -0.05) is 40.9 Å². The Morgan fingerprint density at radius 2 is 1.60 bits per heavy atom. The van der Waals surface area contributed by atoms with E-state index < -0.39 is 17.7 Å². The Balaban J connectivity index is 2.55. The molecular formula is C15H15ClF2N2. The SMILES string of the molecule is Cc1cc(C)cc(C(NN)c2cc(F)c(Cl)cc2F)c1. The van der Waals surface area contributed by atoms with Gasteiger partial charge in [0.25, 0.3) is 0 Å². The van der Waals surface area contributed by atoms with Crippen molar-refractivity contribution >= 4 is 11.6 Å². The summed E-state index contributed by atoms with van der Waals surface area (Å²) in [5.74, 6) is 4.25. The van der Waals surface area contributed by atoms with Crippen molar-refractivity contribution in [3.63, 3.8) is 0 Å². The van der Waals surface area contributed by atoms with Crippen molar-refractivity contribution in [2.75, 3.05) is 0 Å². The molecule has 5 heteroatoms. The van der Waals surface area contributed by atoms with Crippen molar-refractivity contribution in [3.8, 4) is 0 Å². The van der Waals surface area contributed by atoms with E-state index in [1.165, 1.54) is 0 Å². The maximum absolute atomic E-state index is 14.0. The minimum absolute atomic E-state index is 0.124. The van der Waals surface area contributed by atoms with Crippen LogP contribution in [0.1, 0.15) is 28.3 Å². The predicted molar refractivity (Wildman–Crippen MR) is 76.5 cm³/mol. The van der Waals surface area contributed by atoms with Crippen LogP contribution < -0.4 is 11.3 Å². The van der Waals surface area contributed by atoms with Crippen molar-refractivity contribution < 1.29 is 8.78 Å². The highest BCUT2D eigenvalue weighted by molar-refractivity contribution is 6.30. The van der Waals surface area contributed by atoms with Crippen molar-refractivity contribution in [3.05, 3.63) is 69.2 Å². The number of aryl methyl sites for hydroxylation is 2. The summed E-state index contributed by atoms with van der Waals surface area (Å²) in [5, 5.41) is -0.248. The maximum Gasteiger partial charge on any atom is 0.142 e. The van der Waals surface area contributed by atoms with Crippen LogP contribution in [0.15, 0.2) is 30.3 Å². The number of benzene rings is 2. The Hall–Kier alpha value is -1.49. The summed E-state index contributed by atoms with van der Waals surface area (Å²) in [6.07, 6.45) is 0. The zero-order chi connectivity index (χ0) is 14.9. The molecule has 2 rings (SSSR count). The topological polar surface area (TPSA) is 38.0 Å². The monoisotopic (exact) mass is 296 g/mol. The van der Waals surface area contributed by atoms with Crippen LogP contribution in [-0.4, -0.2) is 0 Å². The fourth-order valence-electron chi connectivity index (χ4n) is 2.30. The fourth-order valence-corrected chi connectivity index (χ4v) is 2.45. The standard InChI is InChI=1S/C15H15ClF2N2/c1-8-3-9(2)5-10(4-8)15(20-19)11-6-14(18)12(16)7-13(11)17/h3-7,15,20H,19H2,1-2H3. The zero-order valence-corrected chi connectivity index (χ0v) is 11.9. The van der Waals surface area contributed by atoms with Gasteiger partial charge in [0.05, 0.1) is 11.1 Å². The molecule has 0 fully saturated rings. The largest absolute Gasteiger partial charge is 0.271 e. The molecule has 0 heterocycles. The van der Waals surface area contributed by atoms with Gasteiger partial charge in [0.1, 0.15) is 11.6 Å². The van der Waals surface area contributed by atoms with Gasteiger partial charge in [-0.3, -0.25) is 5.84 Å². The first-order chi connectivity index (χ1) is 9.42. The van der Waals surface area contributed by atoms with Gasteiger partial charge in [0, 0.05) is 5.56 Å². The second kappa shape index (κ2) is 5.87. The summed E-state index contributed by atoms with van der Waals surface area (Å²) >= 11 is 5.56. The Morgan fingerprint density at radius 3 is 2.15 bits per heavy atom. The number of nitrogens with one attached hydrogen (secondary N) is 1. The highest BCUT2D eigenvalue weighted by Crippen LogP contribution is 2.28. The van der Waals surface area contributed by atoms with E-state index in [1.54, 1.807) is 0 Å². The number of halogens is 3. The molecule has 0 saturated heterocycles. The molecule has 0 bridgehead atoms. The smallest absolute Gasteiger partial charge is 0.142 e. The minimum Gasteiger partial charge on any atom is -0.271 e. The Labute approximate surface area is 121 Å². The van der Waals surface area contributed by atoms with Crippen molar-refractivity contribution in [2.45, 2.75) is 19.9 Å². The fraction of sp³-hybridized carbons (Fsp3) is 0.200. The van der Waals surface area contributed by atoms with E-state index in [1.807, 2.05) is 32.0 Å². The molecule has 0 aliphatic heterocycles. The first-order valence-electron chi connectivity index (χ1n) is 6.11. The summed E-state index contributed by atoms with van der Waals surface area (Å²) in [5.41, 5.74) is 5.47. The highest BCUT2D eigenvalue weighted by atomic mass is 35.5. The van der Waals surface area contributed by atoms with E-state index >= 15 is 0 Å². The molecule has 1 atom stereocenters. The normalized spacial score (nSPS) is 12.5. The lowest BCUT2D eigenvalue weighted by molar-refractivity contribution is 0.545. The molecule has 0 saturated carbocycles. The molecule has 0 aliphatic carbocycles. The van der Waals surface area contributed by atoms with Crippen LogP contribution in [0.25, 0.3) is 0 Å². The third-order valence-electron chi connectivity index (χ3n) is 3.09. The molecule has 0 spiro atoms. The maximum atomic E-state index is 14.0. The van der Waals surface area contributed by atoms with E-state index in [2.05, 4.69) is 5.43 Å². The lowest BCUT2D eigenvalue weighted by Crippen LogP contribution is -2.29. The van der Waals surface area contributed by atoms with Gasteiger partial charge in [-0.05, 0) is 31.5 Å². The Kier molecular flexibility index (Phi) is 4.38. The summed E-state index contributed by atoms with van der Waals surface area (Å²) in [6, 6.07) is 7.14. The van der Waals surface area contributed by atoms with E-state index in [-0.39, 0.29) is 10.6 Å². The second-order valence-electron chi connectivity index (χ2n) is 4.81. The average molecular weight is 297 g/mol. The Morgan fingerprint density at radius 1 is 1.00 bits per heavy atom. The lowest BCUT2D eigenvalue weighted by Gasteiger charge is -2.19. The third kappa shape index (κ3) is 2.98. The molecule has 2 aromatic carbocycles. The van der Waals surface area contributed by atoms with Gasteiger partial charge in [-0.2, -0.15) is 0 Å². The molecule has 0 aliphatic rings. The van der Waals surface area contributed by atoms with E-state index in [9.17, 15) is 8.78 Å². The van der Waals surface area contributed by atoms with E-state index in [0.717, 1.165) is 28.8 Å². The Bertz CT molecular complexity index is 624. The van der Waals surface area contributed by atoms with E-state index in [0.29, 0.717) is 0 Å². The number of hydrazine groups is 1. The van der Waals surface area contributed by atoms with Gasteiger partial charge < -0.3 is 0 Å². The number of nitrogens with two attached hydrogens (primary N) is 1. The van der Waals surface area contributed by atoms with Gasteiger partial charge >= 0.3 is 0 Å². The highest BCUT2D eigenvalue weighted by Gasteiger charge is 2.19. The second-order valence-corrected chi connectivity index (χ2v) is 5.22. The number of rotatable bonds is 3. The molecule has 2 nitrogen and oxygen atoms in total. The van der Waals surface area contributed by atoms with Gasteiger partial charge in [-0.25, -0.2) is 14.2 Å². The number of hydrogen-bond acceptors (Lipinski definition) is 2. The summed E-state index contributed by atoms with van der Waals surface area (Å²) in [4.78, 5) is 0. The minimum atomic E-state index is -0.673. The van der Waals surface area contributed by atoms with Gasteiger partial charge in [0.2, 0.25) is 0 Å². The van der Waals surface area contributed by atoms with Crippen LogP contribution in [0.5, 0.6) is 0 Å². The van der Waals surface area contributed by atoms with Crippen LogP contribution in [-0.2, 0) is 0 Å². The molecule has 0 amide bonds.